The molecule has 1 aromatic carbocycles. The smallest absolute Gasteiger partial charge is 0.147 e. The number of rotatable bonds is 2. The van der Waals surface area contributed by atoms with Crippen molar-refractivity contribution in [3.8, 4) is 11.8 Å². The third kappa shape index (κ3) is 4.68. The Morgan fingerprint density at radius 3 is 2.52 bits per heavy atom. The van der Waals surface area contributed by atoms with E-state index in [1.165, 1.54) is 0 Å². The lowest BCUT2D eigenvalue weighted by Crippen LogP contribution is -2.47. The highest BCUT2D eigenvalue weighted by atomic mass is 16.5. The topological polar surface area (TPSA) is 120 Å². The second-order valence-corrected chi connectivity index (χ2v) is 7.20. The summed E-state index contributed by atoms with van der Waals surface area (Å²) in [6, 6.07) is 7.21. The van der Waals surface area contributed by atoms with Gasteiger partial charge in [0.2, 0.25) is 0 Å². The molecule has 27 heavy (non-hydrogen) atoms. The Labute approximate surface area is 158 Å². The van der Waals surface area contributed by atoms with E-state index in [1.54, 1.807) is 18.2 Å². The molecule has 5 N–H and O–H groups in total. The van der Waals surface area contributed by atoms with Crippen molar-refractivity contribution < 1.29 is 35.0 Å². The van der Waals surface area contributed by atoms with E-state index in [1.807, 2.05) is 13.0 Å². The van der Waals surface area contributed by atoms with Crippen LogP contribution in [0.1, 0.15) is 37.0 Å². The lowest BCUT2D eigenvalue weighted by atomic mass is 9.93. The third-order valence-corrected chi connectivity index (χ3v) is 5.02. The Kier molecular flexibility index (Phi) is 6.50. The minimum absolute atomic E-state index is 0.187. The fourth-order valence-electron chi connectivity index (χ4n) is 3.48. The molecule has 0 amide bonds. The first kappa shape index (κ1) is 20.2. The summed E-state index contributed by atoms with van der Waals surface area (Å²) in [7, 11) is 0. The number of aliphatic hydroxyl groups is 5. The van der Waals surface area contributed by atoms with Crippen LogP contribution in [0.15, 0.2) is 24.3 Å². The van der Waals surface area contributed by atoms with Crippen molar-refractivity contribution in [1.82, 2.24) is 0 Å². The van der Waals surface area contributed by atoms with Gasteiger partial charge in [-0.2, -0.15) is 0 Å². The monoisotopic (exact) mass is 378 g/mol. The summed E-state index contributed by atoms with van der Waals surface area (Å²) in [6.45, 7) is 1.44. The fourth-order valence-corrected chi connectivity index (χ4v) is 3.48. The quantitative estimate of drug-likeness (QED) is 0.439. The average molecular weight is 378 g/mol. The van der Waals surface area contributed by atoms with Crippen LogP contribution in [0.4, 0.5) is 0 Å². The predicted octanol–water partition coefficient (Wildman–Crippen LogP) is -0.519. The molecule has 2 fully saturated rings. The van der Waals surface area contributed by atoms with Gasteiger partial charge < -0.3 is 35.0 Å². The van der Waals surface area contributed by atoms with E-state index in [0.717, 1.165) is 5.56 Å². The Bertz CT molecular complexity index is 697. The second kappa shape index (κ2) is 8.67. The van der Waals surface area contributed by atoms with Crippen LogP contribution in [0.3, 0.4) is 0 Å². The summed E-state index contributed by atoms with van der Waals surface area (Å²) < 4.78 is 11.3. The lowest BCUT2D eigenvalue weighted by molar-refractivity contribution is -0.181. The molecule has 8 atom stereocenters. The zero-order valence-corrected chi connectivity index (χ0v) is 15.1. The van der Waals surface area contributed by atoms with Gasteiger partial charge in [0.25, 0.3) is 0 Å². The van der Waals surface area contributed by atoms with Gasteiger partial charge in [0.05, 0.1) is 31.0 Å². The largest absolute Gasteiger partial charge is 0.394 e. The van der Waals surface area contributed by atoms with Gasteiger partial charge in [-0.1, -0.05) is 24.0 Å². The Morgan fingerprint density at radius 2 is 1.78 bits per heavy atom. The highest BCUT2D eigenvalue weighted by Gasteiger charge is 2.37. The van der Waals surface area contributed by atoms with Crippen molar-refractivity contribution in [2.24, 2.45) is 0 Å². The molecule has 0 saturated carbocycles. The van der Waals surface area contributed by atoms with E-state index in [0.29, 0.717) is 12.0 Å². The Balaban J connectivity index is 1.75. The first-order chi connectivity index (χ1) is 12.9. The lowest BCUT2D eigenvalue weighted by Gasteiger charge is -2.36. The standard InChI is InChI=1S/C20H26O7/c1-11-7-14(22)19(24)16(26-11)6-5-12-3-2-4-13(8-12)17-9-15(23)20(25)18(10-21)27-17/h2-4,8,11,14-25H,7,9-10H2,1H3/t11?,14?,15?,16?,17-,18?,19?,20-/m0/s1. The molecule has 2 saturated heterocycles. The molecule has 0 spiro atoms. The van der Waals surface area contributed by atoms with E-state index >= 15 is 0 Å². The van der Waals surface area contributed by atoms with Crippen LogP contribution in [0.2, 0.25) is 0 Å². The molecule has 1 aromatic rings. The van der Waals surface area contributed by atoms with E-state index in [4.69, 9.17) is 9.47 Å². The van der Waals surface area contributed by atoms with Crippen molar-refractivity contribution in [2.45, 2.75) is 68.6 Å². The van der Waals surface area contributed by atoms with E-state index in [-0.39, 0.29) is 19.1 Å². The molecule has 0 aromatic heterocycles. The Hall–Kier alpha value is -1.50. The van der Waals surface area contributed by atoms with Gasteiger partial charge in [0.1, 0.15) is 24.4 Å². The first-order valence-electron chi connectivity index (χ1n) is 9.14. The molecule has 0 bridgehead atoms. The number of hydrogen-bond donors (Lipinski definition) is 5. The number of ether oxygens (including phenoxy) is 2. The number of hydrogen-bond acceptors (Lipinski definition) is 7. The van der Waals surface area contributed by atoms with Crippen molar-refractivity contribution in [3.63, 3.8) is 0 Å². The van der Waals surface area contributed by atoms with Crippen LogP contribution in [0, 0.1) is 11.8 Å². The fraction of sp³-hybridized carbons (Fsp3) is 0.600. The first-order valence-corrected chi connectivity index (χ1v) is 9.14. The van der Waals surface area contributed by atoms with Crippen LogP contribution in [0.5, 0.6) is 0 Å². The van der Waals surface area contributed by atoms with Gasteiger partial charge in [0.15, 0.2) is 0 Å². The van der Waals surface area contributed by atoms with Crippen molar-refractivity contribution in [3.05, 3.63) is 35.4 Å². The number of benzene rings is 1. The Morgan fingerprint density at radius 1 is 1.04 bits per heavy atom. The molecule has 2 aliphatic rings. The molecule has 0 aliphatic carbocycles. The van der Waals surface area contributed by atoms with Crippen molar-refractivity contribution in [2.75, 3.05) is 6.61 Å². The molecule has 7 nitrogen and oxygen atoms in total. The summed E-state index contributed by atoms with van der Waals surface area (Å²) in [4.78, 5) is 0. The summed E-state index contributed by atoms with van der Waals surface area (Å²) in [5, 5.41) is 49.0. The normalized spacial score (nSPS) is 39.5. The molecule has 0 radical (unpaired) electrons. The van der Waals surface area contributed by atoms with Crippen molar-refractivity contribution >= 4 is 0 Å². The van der Waals surface area contributed by atoms with Crippen molar-refractivity contribution in [1.29, 1.82) is 0 Å². The second-order valence-electron chi connectivity index (χ2n) is 7.20. The van der Waals surface area contributed by atoms with E-state index in [2.05, 4.69) is 11.8 Å². The van der Waals surface area contributed by atoms with Gasteiger partial charge in [-0.15, -0.1) is 0 Å². The SMILES string of the molecule is CC1CC(O)C(O)C(C#Cc2cccc([C@@H]3CC(O)[C@H](O)C(CO)O3)c2)O1. The van der Waals surface area contributed by atoms with Crippen LogP contribution < -0.4 is 0 Å². The van der Waals surface area contributed by atoms with Crippen LogP contribution in [0.25, 0.3) is 0 Å². The highest BCUT2D eigenvalue weighted by molar-refractivity contribution is 5.39. The van der Waals surface area contributed by atoms with Gasteiger partial charge in [-0.3, -0.25) is 0 Å². The summed E-state index contributed by atoms with van der Waals surface area (Å²) >= 11 is 0. The minimum Gasteiger partial charge on any atom is -0.394 e. The van der Waals surface area contributed by atoms with Gasteiger partial charge in [-0.25, -0.2) is 0 Å². The number of aliphatic hydroxyl groups excluding tert-OH is 5. The molecular weight excluding hydrogens is 352 g/mol. The van der Waals surface area contributed by atoms with Gasteiger partial charge in [0, 0.05) is 18.4 Å². The maximum atomic E-state index is 10.0. The molecule has 3 rings (SSSR count). The summed E-state index contributed by atoms with van der Waals surface area (Å²) in [5.41, 5.74) is 1.44. The summed E-state index contributed by atoms with van der Waals surface area (Å²) in [5.74, 6) is 5.81. The maximum Gasteiger partial charge on any atom is 0.147 e. The zero-order valence-electron chi connectivity index (χ0n) is 15.1. The zero-order chi connectivity index (χ0) is 19.6. The molecule has 2 aliphatic heterocycles. The third-order valence-electron chi connectivity index (χ3n) is 5.02. The molecule has 148 valence electrons. The highest BCUT2D eigenvalue weighted by Crippen LogP contribution is 2.32. The molecule has 2 heterocycles. The van der Waals surface area contributed by atoms with Crippen LogP contribution in [-0.2, 0) is 9.47 Å². The average Bonchev–Trinajstić information content (AvgIpc) is 2.65. The van der Waals surface area contributed by atoms with Crippen LogP contribution >= 0.6 is 0 Å². The molecule has 6 unspecified atom stereocenters. The predicted molar refractivity (Wildman–Crippen MR) is 95.6 cm³/mol. The van der Waals surface area contributed by atoms with Gasteiger partial charge >= 0.3 is 0 Å². The minimum atomic E-state index is -1.12. The molecular formula is C20H26O7. The summed E-state index contributed by atoms with van der Waals surface area (Å²) in [6.07, 6.45) is -5.71. The molecule has 7 heteroatoms. The van der Waals surface area contributed by atoms with Gasteiger partial charge in [-0.05, 0) is 24.6 Å². The van der Waals surface area contributed by atoms with E-state index in [9.17, 15) is 25.5 Å². The van der Waals surface area contributed by atoms with E-state index < -0.39 is 42.7 Å². The van der Waals surface area contributed by atoms with Crippen LogP contribution in [-0.4, -0.2) is 74.9 Å². The maximum absolute atomic E-state index is 10.0.